The van der Waals surface area contributed by atoms with Crippen LogP contribution in [-0.2, 0) is 42.9 Å². The van der Waals surface area contributed by atoms with E-state index in [4.69, 9.17) is 23.7 Å². The molecule has 1 aliphatic heterocycles. The molecule has 0 saturated carbocycles. The smallest absolute Gasteiger partial charge is 0.335 e. The Hall–Kier alpha value is -4.88. The van der Waals surface area contributed by atoms with Crippen LogP contribution in [0.1, 0.15) is 278 Å². The van der Waals surface area contributed by atoms with Crippen LogP contribution in [0.25, 0.3) is 0 Å². The first kappa shape index (κ1) is 80.1. The van der Waals surface area contributed by atoms with Gasteiger partial charge in [-0.1, -0.05) is 245 Å². The molecule has 3 N–H and O–H groups in total. The molecule has 1 saturated heterocycles. The molecule has 1 fully saturated rings. The van der Waals surface area contributed by atoms with Crippen LogP contribution in [0.5, 0.6) is 0 Å². The van der Waals surface area contributed by atoms with Crippen molar-refractivity contribution < 1.29 is 58.2 Å². The lowest BCUT2D eigenvalue weighted by atomic mass is 9.98. The number of carbonyl (C=O) groups is 4. The fraction of sp³-hybridized carbons (Fsp3) is 0.680. The Morgan fingerprint density at radius 2 is 0.724 bits per heavy atom. The number of aliphatic hydroxyl groups excluding tert-OH is 2. The van der Waals surface area contributed by atoms with Crippen molar-refractivity contribution in [1.29, 1.82) is 0 Å². The lowest BCUT2D eigenvalue weighted by Gasteiger charge is -2.40. The molecule has 0 spiro atoms. The summed E-state index contributed by atoms with van der Waals surface area (Å²) in [6, 6.07) is 0. The highest BCUT2D eigenvalue weighted by molar-refractivity contribution is 5.74. The molecule has 6 atom stereocenters. The summed E-state index contributed by atoms with van der Waals surface area (Å²) in [7, 11) is 0. The summed E-state index contributed by atoms with van der Waals surface area (Å²) in [6.45, 7) is 5.83. The van der Waals surface area contributed by atoms with Crippen molar-refractivity contribution in [2.75, 3.05) is 13.2 Å². The summed E-state index contributed by atoms with van der Waals surface area (Å²) in [5.74, 6) is -3.17. The minimum atomic E-state index is -1.92. The van der Waals surface area contributed by atoms with Crippen molar-refractivity contribution in [3.8, 4) is 0 Å². The highest BCUT2D eigenvalue weighted by atomic mass is 16.7. The third-order valence-electron chi connectivity index (χ3n) is 15.0. The standard InChI is InChI=1S/C75H122O12/c1-4-7-10-13-16-19-22-25-28-31-34-37-40-43-46-49-52-55-58-61-67(76)83-64-66(85-68(77)62-59-56-53-50-47-44-41-38-35-32-29-26-23-20-17-14-11-8-5-2)65-84-75-73(71(80)70(79)72(87-75)74(81)82)86-69(78)63-60-57-54-51-48-45-42-39-36-33-30-27-24-21-18-15-12-9-6-3/h7,10,16-21,25-30,34-39,66,70-73,75,79-80H,4-6,8-9,11-15,22-24,31-33,40-65H2,1-3H3,(H,81,82)/b10-7-,19-16-,20-17-,21-18-,28-25-,29-26-,30-27-,37-34-,38-35-,39-36-. The number of hydrogen-bond donors (Lipinski definition) is 3. The van der Waals surface area contributed by atoms with Crippen molar-refractivity contribution in [3.05, 3.63) is 122 Å². The van der Waals surface area contributed by atoms with Gasteiger partial charge in [0.2, 0.25) is 0 Å². The van der Waals surface area contributed by atoms with Crippen molar-refractivity contribution in [3.63, 3.8) is 0 Å². The fourth-order valence-corrected chi connectivity index (χ4v) is 9.73. The van der Waals surface area contributed by atoms with Crippen LogP contribution in [0.3, 0.4) is 0 Å². The van der Waals surface area contributed by atoms with Crippen LogP contribution >= 0.6 is 0 Å². The Kier molecular flexibility index (Phi) is 56.5. The highest BCUT2D eigenvalue weighted by Crippen LogP contribution is 2.27. The second-order valence-electron chi connectivity index (χ2n) is 23.1. The third kappa shape index (κ3) is 50.7. The maximum atomic E-state index is 13.2. The van der Waals surface area contributed by atoms with Crippen molar-refractivity contribution >= 4 is 23.9 Å². The van der Waals surface area contributed by atoms with Crippen LogP contribution < -0.4 is 0 Å². The van der Waals surface area contributed by atoms with Crippen LogP contribution in [0.15, 0.2) is 122 Å². The van der Waals surface area contributed by atoms with Gasteiger partial charge in [-0.05, 0) is 135 Å². The van der Waals surface area contributed by atoms with Crippen LogP contribution in [0.4, 0.5) is 0 Å². The molecule has 1 aliphatic rings. The summed E-state index contributed by atoms with van der Waals surface area (Å²) < 4.78 is 28.6. The van der Waals surface area contributed by atoms with Gasteiger partial charge in [-0.15, -0.1) is 0 Å². The van der Waals surface area contributed by atoms with Crippen molar-refractivity contribution in [1.82, 2.24) is 0 Å². The Labute approximate surface area is 528 Å². The number of carboxylic acid groups (broad SMARTS) is 1. The van der Waals surface area contributed by atoms with E-state index in [1.165, 1.54) is 44.9 Å². The monoisotopic (exact) mass is 1210 g/mol. The minimum absolute atomic E-state index is 0.0371. The minimum Gasteiger partial charge on any atom is -0.479 e. The molecule has 87 heavy (non-hydrogen) atoms. The number of aliphatic hydroxyl groups is 2. The summed E-state index contributed by atoms with van der Waals surface area (Å²) in [5.41, 5.74) is 0. The lowest BCUT2D eigenvalue weighted by Crippen LogP contribution is -2.61. The maximum Gasteiger partial charge on any atom is 0.335 e. The maximum absolute atomic E-state index is 13.2. The van der Waals surface area contributed by atoms with E-state index in [2.05, 4.69) is 142 Å². The zero-order chi connectivity index (χ0) is 63.1. The first-order valence-electron chi connectivity index (χ1n) is 34.5. The number of esters is 3. The van der Waals surface area contributed by atoms with E-state index in [-0.39, 0.29) is 25.9 Å². The molecule has 0 aromatic heterocycles. The predicted molar refractivity (Wildman–Crippen MR) is 358 cm³/mol. The number of rotatable bonds is 58. The molecule has 0 aliphatic carbocycles. The predicted octanol–water partition coefficient (Wildman–Crippen LogP) is 19.1. The molecule has 1 heterocycles. The normalized spacial score (nSPS) is 18.1. The van der Waals surface area contributed by atoms with E-state index in [0.717, 1.165) is 173 Å². The average Bonchev–Trinajstić information content (AvgIpc) is 2.56. The van der Waals surface area contributed by atoms with Crippen LogP contribution in [0, 0.1) is 0 Å². The van der Waals surface area contributed by atoms with Gasteiger partial charge in [-0.2, -0.15) is 0 Å². The Morgan fingerprint density at radius 1 is 0.391 bits per heavy atom. The van der Waals surface area contributed by atoms with E-state index in [9.17, 15) is 34.5 Å². The molecule has 0 radical (unpaired) electrons. The number of carbonyl (C=O) groups excluding carboxylic acids is 3. The second kappa shape index (κ2) is 61.4. The molecular weight excluding hydrogens is 1090 g/mol. The van der Waals surface area contributed by atoms with Crippen molar-refractivity contribution in [2.24, 2.45) is 0 Å². The quantitative estimate of drug-likeness (QED) is 0.0228. The fourth-order valence-electron chi connectivity index (χ4n) is 9.73. The van der Waals surface area contributed by atoms with E-state index < -0.39 is 67.3 Å². The topological polar surface area (TPSA) is 175 Å². The second-order valence-corrected chi connectivity index (χ2v) is 23.1. The van der Waals surface area contributed by atoms with Gasteiger partial charge in [0.05, 0.1) is 6.61 Å². The molecule has 0 aromatic rings. The van der Waals surface area contributed by atoms with Gasteiger partial charge in [0.1, 0.15) is 18.8 Å². The number of hydrogen-bond acceptors (Lipinski definition) is 11. The zero-order valence-electron chi connectivity index (χ0n) is 54.7. The van der Waals surface area contributed by atoms with Gasteiger partial charge in [0.25, 0.3) is 0 Å². The molecule has 1 rings (SSSR count). The number of carboxylic acids is 1. The Balaban J connectivity index is 2.68. The van der Waals surface area contributed by atoms with E-state index >= 15 is 0 Å². The zero-order valence-corrected chi connectivity index (χ0v) is 54.7. The molecule has 0 bridgehead atoms. The van der Waals surface area contributed by atoms with Gasteiger partial charge >= 0.3 is 23.9 Å². The summed E-state index contributed by atoms with van der Waals surface area (Å²) >= 11 is 0. The Bertz CT molecular complexity index is 1970. The molecule has 494 valence electrons. The van der Waals surface area contributed by atoms with Gasteiger partial charge in [0, 0.05) is 19.3 Å². The number of aliphatic carboxylic acids is 1. The molecule has 6 unspecified atom stereocenters. The van der Waals surface area contributed by atoms with Gasteiger partial charge in [-0.25, -0.2) is 4.79 Å². The number of allylic oxidation sites excluding steroid dienone is 20. The van der Waals surface area contributed by atoms with Crippen LogP contribution in [-0.4, -0.2) is 89.2 Å². The summed E-state index contributed by atoms with van der Waals surface area (Å²) in [6.07, 6.45) is 72.8. The third-order valence-corrected chi connectivity index (χ3v) is 15.0. The van der Waals surface area contributed by atoms with Crippen LogP contribution in [0.2, 0.25) is 0 Å². The van der Waals surface area contributed by atoms with Gasteiger partial charge < -0.3 is 39.0 Å². The molecule has 0 aromatic carbocycles. The highest BCUT2D eigenvalue weighted by Gasteiger charge is 2.50. The molecule has 12 nitrogen and oxygen atoms in total. The lowest BCUT2D eigenvalue weighted by molar-refractivity contribution is -0.301. The SMILES string of the molecule is CC/C=C\C/C=C\C/C=C\C/C=C\CCCCCCCCC(=O)OCC(COC1OC(C(=O)O)C(O)C(O)C1OC(=O)CCCCCCCC/C=C\C/C=C\C/C=C\CCCCC)OC(=O)CCCCCCCC/C=C\C/C=C\C/C=C\CCCCC. The first-order chi connectivity index (χ1) is 42.6. The van der Waals surface area contributed by atoms with Gasteiger partial charge in [-0.3, -0.25) is 14.4 Å². The van der Waals surface area contributed by atoms with Gasteiger partial charge in [0.15, 0.2) is 24.6 Å². The largest absolute Gasteiger partial charge is 0.479 e. The van der Waals surface area contributed by atoms with E-state index in [0.29, 0.717) is 19.3 Å². The number of ether oxygens (including phenoxy) is 5. The number of unbranched alkanes of at least 4 members (excludes halogenated alkanes) is 24. The molecule has 12 heteroatoms. The van der Waals surface area contributed by atoms with E-state index in [1.54, 1.807) is 0 Å². The average molecular weight is 1220 g/mol. The summed E-state index contributed by atoms with van der Waals surface area (Å²) in [5, 5.41) is 31.7. The molecular formula is C75H122O12. The van der Waals surface area contributed by atoms with E-state index in [1.807, 2.05) is 0 Å². The Morgan fingerprint density at radius 3 is 1.10 bits per heavy atom. The van der Waals surface area contributed by atoms with Crippen molar-refractivity contribution in [2.45, 2.75) is 314 Å². The first-order valence-corrected chi connectivity index (χ1v) is 34.5. The summed E-state index contributed by atoms with van der Waals surface area (Å²) in [4.78, 5) is 51.5. The molecule has 0 amide bonds.